The monoisotopic (exact) mass is 248 g/mol. The minimum Gasteiger partial charge on any atom is -0.389 e. The molecule has 0 heterocycles. The van der Waals surface area contributed by atoms with Crippen LogP contribution in [0.2, 0.25) is 0 Å². The van der Waals surface area contributed by atoms with Crippen LogP contribution in [0.5, 0.6) is 0 Å². The summed E-state index contributed by atoms with van der Waals surface area (Å²) >= 11 is 0. The number of hydrogen-bond donors (Lipinski definition) is 1. The Bertz CT molecular complexity index is 299. The van der Waals surface area contributed by atoms with Crippen LogP contribution < -0.4 is 0 Å². The molecule has 5 fully saturated rings. The summed E-state index contributed by atoms with van der Waals surface area (Å²) in [4.78, 5) is 0. The summed E-state index contributed by atoms with van der Waals surface area (Å²) in [6.07, 6.45) is 12.2. The molecule has 5 saturated carbocycles. The van der Waals surface area contributed by atoms with Crippen LogP contribution >= 0.6 is 0 Å². The second-order valence-corrected chi connectivity index (χ2v) is 8.15. The van der Waals surface area contributed by atoms with E-state index >= 15 is 0 Å². The van der Waals surface area contributed by atoms with Gasteiger partial charge in [-0.1, -0.05) is 19.8 Å². The summed E-state index contributed by atoms with van der Waals surface area (Å²) in [6.45, 7) is 2.39. The summed E-state index contributed by atoms with van der Waals surface area (Å²) in [5.74, 6) is 4.86. The van der Waals surface area contributed by atoms with E-state index in [1.165, 1.54) is 57.8 Å². The molecule has 1 nitrogen and oxygen atoms in total. The summed E-state index contributed by atoms with van der Waals surface area (Å²) in [5.41, 5.74) is -0.242. The molecule has 0 aromatic rings. The highest BCUT2D eigenvalue weighted by Gasteiger charge is 2.59. The van der Waals surface area contributed by atoms with Crippen molar-refractivity contribution in [2.75, 3.05) is 0 Å². The first-order chi connectivity index (χ1) is 8.66. The first-order valence-electron chi connectivity index (χ1n) is 8.38. The van der Waals surface area contributed by atoms with E-state index in [1.807, 2.05) is 0 Å². The molecule has 0 aromatic carbocycles. The van der Waals surface area contributed by atoms with Gasteiger partial charge in [-0.3, -0.25) is 0 Å². The molecule has 0 aliphatic heterocycles. The SMILES string of the molecule is CC1CCC(C2(O)C3CC4CC(C3)CC2C4)CC1. The Morgan fingerprint density at radius 2 is 1.22 bits per heavy atom. The van der Waals surface area contributed by atoms with Crippen LogP contribution in [0.25, 0.3) is 0 Å². The largest absolute Gasteiger partial charge is 0.389 e. The van der Waals surface area contributed by atoms with E-state index in [2.05, 4.69) is 6.92 Å². The number of hydrogen-bond acceptors (Lipinski definition) is 1. The molecule has 5 rings (SSSR count). The van der Waals surface area contributed by atoms with Crippen molar-refractivity contribution in [2.24, 2.45) is 35.5 Å². The summed E-state index contributed by atoms with van der Waals surface area (Å²) in [7, 11) is 0. The number of aliphatic hydroxyl groups is 1. The average molecular weight is 248 g/mol. The summed E-state index contributed by atoms with van der Waals surface area (Å²) < 4.78 is 0. The van der Waals surface area contributed by atoms with E-state index in [4.69, 9.17) is 0 Å². The molecule has 102 valence electrons. The van der Waals surface area contributed by atoms with Crippen molar-refractivity contribution >= 4 is 0 Å². The molecule has 5 aliphatic carbocycles. The van der Waals surface area contributed by atoms with Crippen LogP contribution in [-0.2, 0) is 0 Å². The maximum Gasteiger partial charge on any atom is 0.0732 e. The van der Waals surface area contributed by atoms with Crippen molar-refractivity contribution in [3.8, 4) is 0 Å². The molecule has 1 N–H and O–H groups in total. The molecule has 18 heavy (non-hydrogen) atoms. The van der Waals surface area contributed by atoms with Crippen LogP contribution in [0.15, 0.2) is 0 Å². The Balaban J connectivity index is 1.59. The van der Waals surface area contributed by atoms with Gasteiger partial charge in [-0.25, -0.2) is 0 Å². The zero-order chi connectivity index (χ0) is 12.3. The molecule has 4 bridgehead atoms. The van der Waals surface area contributed by atoms with Gasteiger partial charge in [-0.2, -0.15) is 0 Å². The van der Waals surface area contributed by atoms with Crippen molar-refractivity contribution in [3.63, 3.8) is 0 Å². The Labute approximate surface area is 111 Å². The maximum atomic E-state index is 11.5. The fourth-order valence-corrected chi connectivity index (χ4v) is 6.33. The van der Waals surface area contributed by atoms with Gasteiger partial charge in [0.1, 0.15) is 0 Å². The van der Waals surface area contributed by atoms with Gasteiger partial charge in [-0.05, 0) is 80.5 Å². The second-order valence-electron chi connectivity index (χ2n) is 8.15. The van der Waals surface area contributed by atoms with E-state index in [-0.39, 0.29) is 5.60 Å². The van der Waals surface area contributed by atoms with Crippen LogP contribution in [0.1, 0.15) is 64.7 Å². The highest BCUT2D eigenvalue weighted by molar-refractivity contribution is 5.09. The zero-order valence-electron chi connectivity index (χ0n) is 11.8. The fourth-order valence-electron chi connectivity index (χ4n) is 6.33. The van der Waals surface area contributed by atoms with Crippen molar-refractivity contribution in [1.82, 2.24) is 0 Å². The molecular formula is C17H28O. The second kappa shape index (κ2) is 3.98. The Kier molecular flexibility index (Phi) is 2.60. The summed E-state index contributed by atoms with van der Waals surface area (Å²) in [6, 6.07) is 0. The molecule has 5 aliphatic rings. The van der Waals surface area contributed by atoms with Gasteiger partial charge in [-0.15, -0.1) is 0 Å². The lowest BCUT2D eigenvalue weighted by molar-refractivity contribution is -0.208. The van der Waals surface area contributed by atoms with Gasteiger partial charge in [0.05, 0.1) is 5.60 Å². The molecule has 0 spiro atoms. The Morgan fingerprint density at radius 3 is 1.72 bits per heavy atom. The molecule has 0 atom stereocenters. The normalized spacial score (nSPS) is 59.0. The molecule has 0 unspecified atom stereocenters. The van der Waals surface area contributed by atoms with Crippen molar-refractivity contribution in [2.45, 2.75) is 70.3 Å². The van der Waals surface area contributed by atoms with Crippen LogP contribution in [0, 0.1) is 35.5 Å². The van der Waals surface area contributed by atoms with Gasteiger partial charge in [0.25, 0.3) is 0 Å². The molecular weight excluding hydrogens is 220 g/mol. The van der Waals surface area contributed by atoms with Gasteiger partial charge in [0, 0.05) is 0 Å². The average Bonchev–Trinajstić information content (AvgIpc) is 2.35. The first-order valence-corrected chi connectivity index (χ1v) is 8.38. The van der Waals surface area contributed by atoms with Gasteiger partial charge in [0.15, 0.2) is 0 Å². The highest BCUT2D eigenvalue weighted by Crippen LogP contribution is 2.61. The van der Waals surface area contributed by atoms with E-state index < -0.39 is 0 Å². The highest BCUT2D eigenvalue weighted by atomic mass is 16.3. The van der Waals surface area contributed by atoms with Gasteiger partial charge in [0.2, 0.25) is 0 Å². The maximum absolute atomic E-state index is 11.5. The van der Waals surface area contributed by atoms with E-state index in [9.17, 15) is 5.11 Å². The predicted molar refractivity (Wildman–Crippen MR) is 73.1 cm³/mol. The molecule has 0 radical (unpaired) electrons. The molecule has 1 heteroatoms. The topological polar surface area (TPSA) is 20.2 Å². The van der Waals surface area contributed by atoms with E-state index in [0.717, 1.165) is 17.8 Å². The third-order valence-corrected chi connectivity index (χ3v) is 7.12. The van der Waals surface area contributed by atoms with E-state index in [1.54, 1.807) is 0 Å². The lowest BCUT2D eigenvalue weighted by Gasteiger charge is -2.62. The minimum absolute atomic E-state index is 0.242. The zero-order valence-corrected chi connectivity index (χ0v) is 11.8. The quantitative estimate of drug-likeness (QED) is 0.743. The fraction of sp³-hybridized carbons (Fsp3) is 1.00. The van der Waals surface area contributed by atoms with Crippen molar-refractivity contribution in [1.29, 1.82) is 0 Å². The third-order valence-electron chi connectivity index (χ3n) is 7.12. The standard InChI is InChI=1S/C17H28O/c1-11-2-4-14(5-3-11)17(18)15-7-12-6-13(9-15)10-16(17)8-12/h11-16,18H,2-10H2,1H3. The number of rotatable bonds is 1. The smallest absolute Gasteiger partial charge is 0.0732 e. The Morgan fingerprint density at radius 1 is 0.722 bits per heavy atom. The Hall–Kier alpha value is -0.0400. The molecule has 0 saturated heterocycles. The van der Waals surface area contributed by atoms with Gasteiger partial charge >= 0.3 is 0 Å². The van der Waals surface area contributed by atoms with Crippen molar-refractivity contribution in [3.05, 3.63) is 0 Å². The van der Waals surface area contributed by atoms with Crippen molar-refractivity contribution < 1.29 is 5.11 Å². The van der Waals surface area contributed by atoms with Crippen LogP contribution in [-0.4, -0.2) is 10.7 Å². The summed E-state index contributed by atoms with van der Waals surface area (Å²) in [5, 5.41) is 11.5. The lowest BCUT2D eigenvalue weighted by Crippen LogP contribution is -2.61. The van der Waals surface area contributed by atoms with Crippen LogP contribution in [0.3, 0.4) is 0 Å². The van der Waals surface area contributed by atoms with Crippen LogP contribution in [0.4, 0.5) is 0 Å². The predicted octanol–water partition coefficient (Wildman–Crippen LogP) is 4.00. The van der Waals surface area contributed by atoms with E-state index in [0.29, 0.717) is 17.8 Å². The first kappa shape index (κ1) is 11.8. The lowest BCUT2D eigenvalue weighted by atomic mass is 9.46. The molecule has 0 aromatic heterocycles. The minimum atomic E-state index is -0.242. The van der Waals surface area contributed by atoms with Gasteiger partial charge < -0.3 is 5.11 Å². The molecule has 0 amide bonds. The third kappa shape index (κ3) is 1.55.